The molecule has 0 bridgehead atoms. The molecule has 2 rings (SSSR count). The summed E-state index contributed by atoms with van der Waals surface area (Å²) >= 11 is 0. The number of ether oxygens (including phenoxy) is 1. The van der Waals surface area contributed by atoms with Gasteiger partial charge in [-0.1, -0.05) is 30.3 Å². The third kappa shape index (κ3) is 6.44. The van der Waals surface area contributed by atoms with Gasteiger partial charge in [0.15, 0.2) is 0 Å². The van der Waals surface area contributed by atoms with Crippen molar-refractivity contribution < 1.29 is 14.3 Å². The van der Waals surface area contributed by atoms with E-state index < -0.39 is 0 Å². The highest BCUT2D eigenvalue weighted by molar-refractivity contribution is 5.91. The predicted molar refractivity (Wildman–Crippen MR) is 108 cm³/mol. The zero-order valence-corrected chi connectivity index (χ0v) is 16.4. The van der Waals surface area contributed by atoms with Gasteiger partial charge in [-0.25, -0.2) is 0 Å². The highest BCUT2D eigenvalue weighted by Gasteiger charge is 2.19. The SMILES string of the molecule is CC(=O)N(CCC(=O)Nc1ccc(OC(C)C)cc1)C(C)c1ccccc1. The average molecular weight is 368 g/mol. The van der Waals surface area contributed by atoms with Crippen LogP contribution >= 0.6 is 0 Å². The molecule has 1 atom stereocenters. The van der Waals surface area contributed by atoms with Crippen molar-refractivity contribution in [3.63, 3.8) is 0 Å². The summed E-state index contributed by atoms with van der Waals surface area (Å²) in [5.74, 6) is 0.593. The van der Waals surface area contributed by atoms with Gasteiger partial charge in [-0.15, -0.1) is 0 Å². The van der Waals surface area contributed by atoms with E-state index in [1.807, 2.05) is 75.4 Å². The molecular weight excluding hydrogens is 340 g/mol. The van der Waals surface area contributed by atoms with Crippen LogP contribution in [0.2, 0.25) is 0 Å². The Balaban J connectivity index is 1.91. The standard InChI is InChI=1S/C22H28N2O3/c1-16(2)27-21-12-10-20(11-13-21)23-22(26)14-15-24(18(4)25)17(3)19-8-6-5-7-9-19/h5-13,16-17H,14-15H2,1-4H3,(H,23,26). The maximum atomic E-state index is 12.3. The molecule has 0 fully saturated rings. The van der Waals surface area contributed by atoms with E-state index in [0.717, 1.165) is 11.3 Å². The van der Waals surface area contributed by atoms with E-state index in [2.05, 4.69) is 5.32 Å². The number of nitrogens with zero attached hydrogens (tertiary/aromatic N) is 1. The van der Waals surface area contributed by atoms with Crippen molar-refractivity contribution in [1.29, 1.82) is 0 Å². The third-order valence-electron chi connectivity index (χ3n) is 4.24. The first-order valence-electron chi connectivity index (χ1n) is 9.25. The highest BCUT2D eigenvalue weighted by atomic mass is 16.5. The van der Waals surface area contributed by atoms with Gasteiger partial charge in [0, 0.05) is 25.6 Å². The Labute approximate surface area is 161 Å². The molecule has 2 aromatic carbocycles. The monoisotopic (exact) mass is 368 g/mol. The van der Waals surface area contributed by atoms with Crippen molar-refractivity contribution in [3.8, 4) is 5.75 Å². The van der Waals surface area contributed by atoms with Crippen molar-refractivity contribution in [2.75, 3.05) is 11.9 Å². The van der Waals surface area contributed by atoms with E-state index in [1.54, 1.807) is 4.90 Å². The van der Waals surface area contributed by atoms with Crippen LogP contribution in [0.5, 0.6) is 5.75 Å². The van der Waals surface area contributed by atoms with E-state index >= 15 is 0 Å². The van der Waals surface area contributed by atoms with Crippen LogP contribution in [-0.2, 0) is 9.59 Å². The van der Waals surface area contributed by atoms with E-state index in [-0.39, 0.29) is 30.4 Å². The van der Waals surface area contributed by atoms with E-state index in [9.17, 15) is 9.59 Å². The topological polar surface area (TPSA) is 58.6 Å². The molecular formula is C22H28N2O3. The lowest BCUT2D eigenvalue weighted by molar-refractivity contribution is -0.131. The molecule has 5 nitrogen and oxygen atoms in total. The summed E-state index contributed by atoms with van der Waals surface area (Å²) in [6.07, 6.45) is 0.343. The minimum atomic E-state index is -0.126. The number of anilines is 1. The summed E-state index contributed by atoms with van der Waals surface area (Å²) in [6.45, 7) is 7.80. The summed E-state index contributed by atoms with van der Waals surface area (Å²) < 4.78 is 5.59. The van der Waals surface area contributed by atoms with E-state index in [4.69, 9.17) is 4.74 Å². The minimum absolute atomic E-state index is 0.0469. The fourth-order valence-corrected chi connectivity index (χ4v) is 2.87. The second-order valence-electron chi connectivity index (χ2n) is 6.79. The van der Waals surface area contributed by atoms with Crippen LogP contribution in [0.3, 0.4) is 0 Å². The molecule has 2 aromatic rings. The molecule has 27 heavy (non-hydrogen) atoms. The van der Waals surface area contributed by atoms with Crippen molar-refractivity contribution in [3.05, 3.63) is 60.2 Å². The van der Waals surface area contributed by atoms with Crippen molar-refractivity contribution >= 4 is 17.5 Å². The quantitative estimate of drug-likeness (QED) is 0.751. The fraction of sp³-hybridized carbons (Fsp3) is 0.364. The van der Waals surface area contributed by atoms with Gasteiger partial charge in [0.05, 0.1) is 12.1 Å². The first-order chi connectivity index (χ1) is 12.9. The second-order valence-corrected chi connectivity index (χ2v) is 6.79. The summed E-state index contributed by atoms with van der Waals surface area (Å²) in [5.41, 5.74) is 1.76. The minimum Gasteiger partial charge on any atom is -0.491 e. The van der Waals surface area contributed by atoms with Crippen molar-refractivity contribution in [2.45, 2.75) is 46.3 Å². The van der Waals surface area contributed by atoms with E-state index in [0.29, 0.717) is 12.2 Å². The van der Waals surface area contributed by atoms with Gasteiger partial charge in [0.25, 0.3) is 0 Å². The van der Waals surface area contributed by atoms with Crippen LogP contribution in [0.4, 0.5) is 5.69 Å². The zero-order valence-electron chi connectivity index (χ0n) is 16.4. The third-order valence-corrected chi connectivity index (χ3v) is 4.24. The molecule has 0 aliphatic carbocycles. The zero-order chi connectivity index (χ0) is 19.8. The Morgan fingerprint density at radius 3 is 2.19 bits per heavy atom. The van der Waals surface area contributed by atoms with Gasteiger partial charge in [0.2, 0.25) is 11.8 Å². The summed E-state index contributed by atoms with van der Waals surface area (Å²) in [5, 5.41) is 2.86. The summed E-state index contributed by atoms with van der Waals surface area (Å²) in [6, 6.07) is 17.0. The summed E-state index contributed by atoms with van der Waals surface area (Å²) in [7, 11) is 0. The summed E-state index contributed by atoms with van der Waals surface area (Å²) in [4.78, 5) is 26.0. The number of carbonyl (C=O) groups is 2. The molecule has 0 heterocycles. The van der Waals surface area contributed by atoms with Crippen LogP contribution in [0, 0.1) is 0 Å². The maximum absolute atomic E-state index is 12.3. The highest BCUT2D eigenvalue weighted by Crippen LogP contribution is 2.21. The van der Waals surface area contributed by atoms with E-state index in [1.165, 1.54) is 6.92 Å². The van der Waals surface area contributed by atoms with Crippen LogP contribution in [0.25, 0.3) is 0 Å². The lowest BCUT2D eigenvalue weighted by atomic mass is 10.1. The molecule has 0 saturated heterocycles. The molecule has 1 unspecified atom stereocenters. The van der Waals surface area contributed by atoms with Gasteiger partial charge in [-0.05, 0) is 50.6 Å². The van der Waals surface area contributed by atoms with Crippen LogP contribution in [-0.4, -0.2) is 29.4 Å². The number of carbonyl (C=O) groups excluding carboxylic acids is 2. The Morgan fingerprint density at radius 2 is 1.63 bits per heavy atom. The molecule has 144 valence electrons. The van der Waals surface area contributed by atoms with Crippen LogP contribution in [0.1, 0.15) is 45.7 Å². The average Bonchev–Trinajstić information content (AvgIpc) is 2.63. The Kier molecular flexibility index (Phi) is 7.41. The first-order valence-corrected chi connectivity index (χ1v) is 9.25. The number of amides is 2. The lowest BCUT2D eigenvalue weighted by Gasteiger charge is -2.28. The van der Waals surface area contributed by atoms with Gasteiger partial charge in [-0.3, -0.25) is 9.59 Å². The van der Waals surface area contributed by atoms with Gasteiger partial charge in [0.1, 0.15) is 5.75 Å². The second kappa shape index (κ2) is 9.76. The fourth-order valence-electron chi connectivity index (χ4n) is 2.87. The molecule has 0 radical (unpaired) electrons. The molecule has 0 aliphatic heterocycles. The number of benzene rings is 2. The number of rotatable bonds is 8. The van der Waals surface area contributed by atoms with Gasteiger partial charge < -0.3 is 15.0 Å². The van der Waals surface area contributed by atoms with Crippen molar-refractivity contribution in [1.82, 2.24) is 4.90 Å². The molecule has 2 amide bonds. The van der Waals surface area contributed by atoms with Gasteiger partial charge in [-0.2, -0.15) is 0 Å². The van der Waals surface area contributed by atoms with Crippen LogP contribution < -0.4 is 10.1 Å². The van der Waals surface area contributed by atoms with Crippen molar-refractivity contribution in [2.24, 2.45) is 0 Å². The molecule has 0 spiro atoms. The molecule has 1 N–H and O–H groups in total. The molecule has 0 aromatic heterocycles. The predicted octanol–water partition coefficient (Wildman–Crippen LogP) is 4.41. The molecule has 5 heteroatoms. The Bertz CT molecular complexity index is 742. The number of hydrogen-bond donors (Lipinski definition) is 1. The molecule has 0 saturated carbocycles. The maximum Gasteiger partial charge on any atom is 0.226 e. The smallest absolute Gasteiger partial charge is 0.226 e. The Morgan fingerprint density at radius 1 is 1.00 bits per heavy atom. The largest absolute Gasteiger partial charge is 0.491 e. The lowest BCUT2D eigenvalue weighted by Crippen LogP contribution is -2.34. The van der Waals surface area contributed by atoms with Gasteiger partial charge >= 0.3 is 0 Å². The number of hydrogen-bond acceptors (Lipinski definition) is 3. The number of nitrogens with one attached hydrogen (secondary N) is 1. The first kappa shape index (κ1) is 20.5. The molecule has 0 aliphatic rings. The van der Waals surface area contributed by atoms with Crippen LogP contribution in [0.15, 0.2) is 54.6 Å². The normalized spacial score (nSPS) is 11.7. The Hall–Kier alpha value is -2.82.